The van der Waals surface area contributed by atoms with E-state index >= 15 is 0 Å². The Morgan fingerprint density at radius 3 is 2.43 bits per heavy atom. The average molecular weight is 493 g/mol. The quantitative estimate of drug-likeness (QED) is 0.209. The van der Waals surface area contributed by atoms with Crippen LogP contribution in [0.3, 0.4) is 0 Å². The molecule has 0 radical (unpaired) electrons. The third-order valence-electron chi connectivity index (χ3n) is 4.80. The fourth-order valence-corrected chi connectivity index (χ4v) is 4.20. The van der Waals surface area contributed by atoms with E-state index in [1.54, 1.807) is 34.9 Å². The van der Waals surface area contributed by atoms with E-state index in [4.69, 9.17) is 4.74 Å². The van der Waals surface area contributed by atoms with Crippen molar-refractivity contribution in [2.75, 3.05) is 6.61 Å². The molecular weight excluding hydrogens is 468 g/mol. The van der Waals surface area contributed by atoms with Gasteiger partial charge >= 0.3 is 5.69 Å². The Morgan fingerprint density at radius 1 is 1.13 bits per heavy atom. The van der Waals surface area contributed by atoms with Gasteiger partial charge < -0.3 is 4.74 Å². The Morgan fingerprint density at radius 2 is 1.80 bits per heavy atom. The second kappa shape index (κ2) is 8.82. The van der Waals surface area contributed by atoms with Crippen LogP contribution in [0, 0.1) is 0 Å². The van der Waals surface area contributed by atoms with Crippen LogP contribution in [0.5, 0.6) is 0 Å². The molecule has 2 heterocycles. The summed E-state index contributed by atoms with van der Waals surface area (Å²) in [6.07, 6.45) is 0. The number of nitrogens with zero attached hydrogens (tertiary/aromatic N) is 4. The molecule has 0 fully saturated rings. The van der Waals surface area contributed by atoms with E-state index in [0.29, 0.717) is 16.9 Å². The highest BCUT2D eigenvalue weighted by atomic mass is 79.9. The molecule has 0 spiro atoms. The Kier molecular flexibility index (Phi) is 6.58. The van der Waals surface area contributed by atoms with Crippen LogP contribution in [0.4, 0.5) is 0 Å². The maximum absolute atomic E-state index is 13.2. The van der Waals surface area contributed by atoms with E-state index in [9.17, 15) is 14.4 Å². The van der Waals surface area contributed by atoms with Crippen LogP contribution < -0.4 is 11.2 Å². The number of ketones is 1. The van der Waals surface area contributed by atoms with E-state index in [1.165, 1.54) is 11.6 Å². The summed E-state index contributed by atoms with van der Waals surface area (Å²) in [5, 5.41) is 0. The Balaban J connectivity index is 1.98. The van der Waals surface area contributed by atoms with Gasteiger partial charge in [0.15, 0.2) is 21.7 Å². The predicted molar refractivity (Wildman–Crippen MR) is 122 cm³/mol. The van der Waals surface area contributed by atoms with Crippen molar-refractivity contribution in [1.82, 2.24) is 18.7 Å². The smallest absolute Gasteiger partial charge is 0.332 e. The minimum atomic E-state index is -1.24. The molecule has 0 N–H and O–H groups in total. The first-order chi connectivity index (χ1) is 14.1. The predicted octanol–water partition coefficient (Wildman–Crippen LogP) is 2.85. The minimum absolute atomic E-state index is 0.127. The molecule has 1 aromatic carbocycles. The monoisotopic (exact) mass is 492 g/mol. The third kappa shape index (κ3) is 4.71. The van der Waals surface area contributed by atoms with Gasteiger partial charge in [0.2, 0.25) is 0 Å². The Bertz CT molecular complexity index is 1190. The van der Waals surface area contributed by atoms with Crippen LogP contribution in [0.1, 0.15) is 10.4 Å². The molecule has 0 aliphatic rings. The molecule has 8 nitrogen and oxygen atoms in total. The van der Waals surface area contributed by atoms with Crippen molar-refractivity contribution in [2.45, 2.75) is 39.0 Å². The van der Waals surface area contributed by atoms with Crippen LogP contribution in [-0.4, -0.2) is 39.1 Å². The lowest BCUT2D eigenvalue weighted by Crippen LogP contribution is -2.41. The number of aromatic nitrogens is 4. The number of ether oxygens (including phenoxy) is 1. The second-order valence-electron chi connectivity index (χ2n) is 8.35. The van der Waals surface area contributed by atoms with Crippen LogP contribution in [0.2, 0.25) is 25.7 Å². The van der Waals surface area contributed by atoms with Gasteiger partial charge in [-0.2, -0.15) is 0 Å². The topological polar surface area (TPSA) is 88.1 Å². The van der Waals surface area contributed by atoms with Gasteiger partial charge in [-0.3, -0.25) is 23.3 Å². The van der Waals surface area contributed by atoms with Gasteiger partial charge in [-0.25, -0.2) is 9.78 Å². The third-order valence-corrected chi connectivity index (χ3v) is 7.11. The maximum atomic E-state index is 13.2. The summed E-state index contributed by atoms with van der Waals surface area (Å²) in [6.45, 7) is 7.14. The van der Waals surface area contributed by atoms with Gasteiger partial charge in [-0.15, -0.1) is 0 Å². The minimum Gasteiger partial charge on any atom is -0.361 e. The molecule has 0 atom stereocenters. The van der Waals surface area contributed by atoms with Crippen molar-refractivity contribution < 1.29 is 9.53 Å². The first-order valence-electron chi connectivity index (χ1n) is 9.62. The first-order valence-corrected chi connectivity index (χ1v) is 14.1. The van der Waals surface area contributed by atoms with Gasteiger partial charge in [-0.1, -0.05) is 50.0 Å². The lowest BCUT2D eigenvalue weighted by Gasteiger charge is -2.16. The molecule has 0 aliphatic carbocycles. The number of carbonyl (C=O) groups is 1. The Hall–Kier alpha value is -2.30. The van der Waals surface area contributed by atoms with Crippen LogP contribution >= 0.6 is 15.9 Å². The van der Waals surface area contributed by atoms with Crippen molar-refractivity contribution in [3.05, 3.63) is 61.5 Å². The number of rotatable bonds is 8. The second-order valence-corrected chi connectivity index (χ2v) is 14.7. The summed E-state index contributed by atoms with van der Waals surface area (Å²) in [5.41, 5.74) is -0.249. The van der Waals surface area contributed by atoms with E-state index in [-0.39, 0.29) is 30.2 Å². The zero-order valence-electron chi connectivity index (χ0n) is 17.5. The SMILES string of the molecule is Cn1c(=O)n(CC(=O)c2ccccc2)c(=O)c2c1nc(Br)n2COCC[Si](C)(C)C. The highest BCUT2D eigenvalue weighted by Gasteiger charge is 2.21. The molecule has 0 unspecified atom stereocenters. The molecule has 160 valence electrons. The first kappa shape index (κ1) is 22.4. The van der Waals surface area contributed by atoms with Gasteiger partial charge in [0, 0.05) is 27.3 Å². The van der Waals surface area contributed by atoms with Crippen molar-refractivity contribution in [1.29, 1.82) is 0 Å². The van der Waals surface area contributed by atoms with E-state index in [0.717, 1.165) is 10.6 Å². The van der Waals surface area contributed by atoms with Crippen molar-refractivity contribution >= 4 is 41.0 Å². The number of fused-ring (bicyclic) bond motifs is 1. The highest BCUT2D eigenvalue weighted by molar-refractivity contribution is 9.10. The summed E-state index contributed by atoms with van der Waals surface area (Å²) in [6, 6.07) is 9.58. The Labute approximate surface area is 183 Å². The number of carbonyl (C=O) groups excluding carboxylic acids is 1. The van der Waals surface area contributed by atoms with E-state index in [2.05, 4.69) is 40.6 Å². The van der Waals surface area contributed by atoms with Crippen molar-refractivity contribution in [2.24, 2.45) is 7.05 Å². The highest BCUT2D eigenvalue weighted by Crippen LogP contribution is 2.17. The lowest BCUT2D eigenvalue weighted by atomic mass is 10.1. The van der Waals surface area contributed by atoms with Crippen molar-refractivity contribution in [3.8, 4) is 0 Å². The molecule has 3 aromatic rings. The molecule has 2 aromatic heterocycles. The molecule has 0 aliphatic heterocycles. The normalized spacial score (nSPS) is 11.9. The number of hydrogen-bond donors (Lipinski definition) is 0. The van der Waals surface area contributed by atoms with Crippen LogP contribution in [0.25, 0.3) is 11.2 Å². The zero-order valence-corrected chi connectivity index (χ0v) is 20.1. The lowest BCUT2D eigenvalue weighted by molar-refractivity contribution is 0.0881. The molecule has 10 heteroatoms. The molecule has 30 heavy (non-hydrogen) atoms. The zero-order chi connectivity index (χ0) is 22.1. The van der Waals surface area contributed by atoms with Gasteiger partial charge in [0.25, 0.3) is 5.56 Å². The van der Waals surface area contributed by atoms with Gasteiger partial charge in [0.1, 0.15) is 6.73 Å². The summed E-state index contributed by atoms with van der Waals surface area (Å²) < 4.78 is 9.99. The summed E-state index contributed by atoms with van der Waals surface area (Å²) in [4.78, 5) is 42.8. The molecular formula is C20H25BrN4O4Si. The standard InChI is InChI=1S/C20H25BrN4O4Si/c1-23-17-16(25(19(21)22-17)13-29-10-11-30(2,3)4)18(27)24(20(23)28)12-15(26)14-8-6-5-7-9-14/h5-9H,10-13H2,1-4H3. The fourth-order valence-electron chi connectivity index (χ4n) is 3.00. The maximum Gasteiger partial charge on any atom is 0.332 e. The summed E-state index contributed by atoms with van der Waals surface area (Å²) in [7, 11) is 0.287. The average Bonchev–Trinajstić information content (AvgIpc) is 3.03. The van der Waals surface area contributed by atoms with E-state index < -0.39 is 19.3 Å². The number of hydrogen-bond acceptors (Lipinski definition) is 5. The number of benzene rings is 1. The number of Topliss-reactive ketones (excluding diaryl/α,β-unsaturated/α-hetero) is 1. The number of aryl methyl sites for hydroxylation is 1. The van der Waals surface area contributed by atoms with Crippen molar-refractivity contribution in [3.63, 3.8) is 0 Å². The molecule has 0 bridgehead atoms. The van der Waals surface area contributed by atoms with E-state index in [1.807, 2.05) is 0 Å². The van der Waals surface area contributed by atoms with Crippen LogP contribution in [0.15, 0.2) is 44.7 Å². The van der Waals surface area contributed by atoms with Gasteiger partial charge in [-0.05, 0) is 22.0 Å². The molecule has 3 rings (SSSR count). The largest absolute Gasteiger partial charge is 0.361 e. The summed E-state index contributed by atoms with van der Waals surface area (Å²) in [5.74, 6) is -0.314. The fraction of sp³-hybridized carbons (Fsp3) is 0.400. The van der Waals surface area contributed by atoms with Gasteiger partial charge in [0.05, 0.1) is 6.54 Å². The van der Waals surface area contributed by atoms with Crippen LogP contribution in [-0.2, 0) is 25.1 Å². The molecule has 0 saturated carbocycles. The molecule has 0 saturated heterocycles. The molecule has 0 amide bonds. The number of imidazole rings is 1. The summed E-state index contributed by atoms with van der Waals surface area (Å²) >= 11 is 3.36. The number of halogens is 1.